The third kappa shape index (κ3) is 8.15. The number of rotatable bonds is 11. The number of para-hydroxylation sites is 2. The summed E-state index contributed by atoms with van der Waals surface area (Å²) in [7, 11) is 0. The van der Waals surface area contributed by atoms with Crippen LogP contribution in [0.2, 0.25) is 0 Å². The number of thioether (sulfide) groups is 1. The minimum absolute atomic E-state index is 0.0142. The van der Waals surface area contributed by atoms with Gasteiger partial charge in [0.05, 0.1) is 5.25 Å². The molecule has 0 bridgehead atoms. The summed E-state index contributed by atoms with van der Waals surface area (Å²) in [6.45, 7) is 2.01. The third-order valence-corrected chi connectivity index (χ3v) is 9.30. The number of carbonyl (C=O) groups excluding carboxylic acids is 3. The molecule has 0 radical (unpaired) electrons. The van der Waals surface area contributed by atoms with Crippen LogP contribution in [0.1, 0.15) is 29.3 Å². The molecular formula is C42H35N3O3S. The molecule has 0 spiro atoms. The molecule has 0 aromatic heterocycles. The zero-order valence-electron chi connectivity index (χ0n) is 27.0. The summed E-state index contributed by atoms with van der Waals surface area (Å²) in [5.74, 6) is -0.857. The van der Waals surface area contributed by atoms with Gasteiger partial charge in [0, 0.05) is 27.5 Å². The first-order chi connectivity index (χ1) is 24.0. The molecule has 0 aliphatic carbocycles. The van der Waals surface area contributed by atoms with E-state index in [1.165, 1.54) is 11.8 Å². The molecule has 0 aliphatic heterocycles. The fourth-order valence-electron chi connectivity index (χ4n) is 5.46. The maximum atomic E-state index is 14.0. The van der Waals surface area contributed by atoms with Gasteiger partial charge in [0.25, 0.3) is 11.8 Å². The van der Waals surface area contributed by atoms with Gasteiger partial charge in [-0.1, -0.05) is 104 Å². The highest BCUT2D eigenvalue weighted by Gasteiger charge is 2.26. The maximum Gasteiger partial charge on any atom is 0.272 e. The predicted molar refractivity (Wildman–Crippen MR) is 201 cm³/mol. The van der Waals surface area contributed by atoms with Gasteiger partial charge in [-0.3, -0.25) is 19.3 Å². The second-order valence-electron chi connectivity index (χ2n) is 11.3. The van der Waals surface area contributed by atoms with Gasteiger partial charge in [0.1, 0.15) is 5.70 Å². The summed E-state index contributed by atoms with van der Waals surface area (Å²) >= 11 is 1.48. The molecule has 2 N–H and O–H groups in total. The topological polar surface area (TPSA) is 78.5 Å². The minimum atomic E-state index is -0.458. The Hall–Kier alpha value is -5.92. The Balaban J connectivity index is 1.21. The number of amides is 3. The van der Waals surface area contributed by atoms with Crippen LogP contribution in [0.4, 0.5) is 17.1 Å². The van der Waals surface area contributed by atoms with Crippen LogP contribution in [0, 0.1) is 0 Å². The van der Waals surface area contributed by atoms with Crippen molar-refractivity contribution in [3.05, 3.63) is 175 Å². The summed E-state index contributed by atoms with van der Waals surface area (Å²) in [5.41, 5.74) is 3.53. The lowest BCUT2D eigenvalue weighted by molar-refractivity contribution is -0.117. The number of fused-ring (bicyclic) bond motifs is 1. The van der Waals surface area contributed by atoms with Crippen molar-refractivity contribution in [1.29, 1.82) is 0 Å². The van der Waals surface area contributed by atoms with Gasteiger partial charge in [-0.2, -0.15) is 0 Å². The van der Waals surface area contributed by atoms with Gasteiger partial charge >= 0.3 is 0 Å². The first kappa shape index (κ1) is 33.0. The fourth-order valence-corrected chi connectivity index (χ4v) is 6.46. The standard InChI is InChI=1S/C42H35N3O3S/c1-2-39(42(48)45(34-20-8-4-9-21-34)35-22-10-5-11-23-35)49-36-27-25-33(26-28-36)43-41(47)38(44-40(46)31-16-6-3-7-17-31)29-32-19-14-18-30-15-12-13-24-37(30)32/h3-29,39H,2H2,1H3,(H,43,47)(H,44,46)/b38-29-. The number of anilines is 3. The molecule has 242 valence electrons. The van der Waals surface area contributed by atoms with Crippen molar-refractivity contribution in [3.63, 3.8) is 0 Å². The van der Waals surface area contributed by atoms with Crippen LogP contribution in [0.5, 0.6) is 0 Å². The normalized spacial score (nSPS) is 11.8. The molecule has 49 heavy (non-hydrogen) atoms. The molecule has 0 fully saturated rings. The Morgan fingerprint density at radius 1 is 0.673 bits per heavy atom. The van der Waals surface area contributed by atoms with Gasteiger partial charge in [0.2, 0.25) is 5.91 Å². The average molecular weight is 662 g/mol. The highest BCUT2D eigenvalue weighted by atomic mass is 32.2. The quantitative estimate of drug-likeness (QED) is 0.107. The largest absolute Gasteiger partial charge is 0.321 e. The molecule has 6 aromatic carbocycles. The van der Waals surface area contributed by atoms with E-state index in [0.717, 1.165) is 32.6 Å². The lowest BCUT2D eigenvalue weighted by Crippen LogP contribution is -2.34. The monoisotopic (exact) mass is 661 g/mol. The average Bonchev–Trinajstić information content (AvgIpc) is 3.15. The van der Waals surface area contributed by atoms with Crippen molar-refractivity contribution in [2.24, 2.45) is 0 Å². The number of nitrogens with one attached hydrogen (secondary N) is 2. The second kappa shape index (κ2) is 15.8. The van der Waals surface area contributed by atoms with E-state index in [1.807, 2.05) is 128 Å². The van der Waals surface area contributed by atoms with Crippen LogP contribution in [0.25, 0.3) is 16.8 Å². The maximum absolute atomic E-state index is 14.0. The first-order valence-electron chi connectivity index (χ1n) is 16.1. The van der Waals surface area contributed by atoms with Crippen molar-refractivity contribution < 1.29 is 14.4 Å². The van der Waals surface area contributed by atoms with Gasteiger partial charge in [-0.05, 0) is 89.5 Å². The smallest absolute Gasteiger partial charge is 0.272 e. The first-order valence-corrected chi connectivity index (χ1v) is 17.0. The molecule has 0 saturated carbocycles. The van der Waals surface area contributed by atoms with E-state index < -0.39 is 5.91 Å². The highest BCUT2D eigenvalue weighted by molar-refractivity contribution is 8.00. The molecule has 7 heteroatoms. The number of hydrogen-bond acceptors (Lipinski definition) is 4. The Labute approximate surface area is 290 Å². The summed E-state index contributed by atoms with van der Waals surface area (Å²) < 4.78 is 0. The Bertz CT molecular complexity index is 2040. The molecule has 6 aromatic rings. The molecule has 0 aliphatic rings. The molecule has 3 amide bonds. The number of hydrogen-bond donors (Lipinski definition) is 2. The van der Waals surface area contributed by atoms with E-state index >= 15 is 0 Å². The number of benzene rings is 6. The van der Waals surface area contributed by atoms with Crippen LogP contribution in [-0.4, -0.2) is 23.0 Å². The fraction of sp³-hybridized carbons (Fsp3) is 0.0714. The van der Waals surface area contributed by atoms with E-state index in [4.69, 9.17) is 0 Å². The van der Waals surface area contributed by atoms with Crippen LogP contribution in [0.15, 0.2) is 168 Å². The minimum Gasteiger partial charge on any atom is -0.321 e. The summed E-state index contributed by atoms with van der Waals surface area (Å²) in [6.07, 6.45) is 2.33. The molecule has 0 heterocycles. The summed E-state index contributed by atoms with van der Waals surface area (Å²) in [4.78, 5) is 43.5. The second-order valence-corrected chi connectivity index (χ2v) is 12.6. The molecule has 6 nitrogen and oxygen atoms in total. The predicted octanol–water partition coefficient (Wildman–Crippen LogP) is 9.48. The van der Waals surface area contributed by atoms with Gasteiger partial charge in [0.15, 0.2) is 0 Å². The van der Waals surface area contributed by atoms with Gasteiger partial charge in [-0.25, -0.2) is 0 Å². The van der Waals surface area contributed by atoms with Crippen molar-refractivity contribution in [2.75, 3.05) is 10.2 Å². The van der Waals surface area contributed by atoms with Crippen LogP contribution >= 0.6 is 11.8 Å². The zero-order valence-corrected chi connectivity index (χ0v) is 27.8. The lowest BCUT2D eigenvalue weighted by atomic mass is 10.0. The van der Waals surface area contributed by atoms with Crippen molar-refractivity contribution in [2.45, 2.75) is 23.5 Å². The Morgan fingerprint density at radius 3 is 1.88 bits per heavy atom. The van der Waals surface area contributed by atoms with Crippen LogP contribution in [-0.2, 0) is 9.59 Å². The van der Waals surface area contributed by atoms with Crippen molar-refractivity contribution in [3.8, 4) is 0 Å². The molecule has 6 rings (SSSR count). The number of carbonyl (C=O) groups is 3. The van der Waals surface area contributed by atoms with E-state index in [1.54, 1.807) is 47.4 Å². The zero-order chi connectivity index (χ0) is 34.0. The number of nitrogens with zero attached hydrogens (tertiary/aromatic N) is 1. The Morgan fingerprint density at radius 2 is 1.24 bits per heavy atom. The molecule has 1 atom stereocenters. The van der Waals surface area contributed by atoms with E-state index in [0.29, 0.717) is 17.7 Å². The summed E-state index contributed by atoms with van der Waals surface area (Å²) in [5, 5.41) is 7.41. The van der Waals surface area contributed by atoms with E-state index in [9.17, 15) is 14.4 Å². The molecule has 0 saturated heterocycles. The molecular weight excluding hydrogens is 627 g/mol. The van der Waals surface area contributed by atoms with Crippen LogP contribution < -0.4 is 15.5 Å². The Kier molecular flexibility index (Phi) is 10.6. The van der Waals surface area contributed by atoms with Gasteiger partial charge < -0.3 is 10.6 Å². The van der Waals surface area contributed by atoms with E-state index in [2.05, 4.69) is 10.6 Å². The van der Waals surface area contributed by atoms with Gasteiger partial charge in [-0.15, -0.1) is 11.8 Å². The molecule has 1 unspecified atom stereocenters. The van der Waals surface area contributed by atoms with Crippen LogP contribution in [0.3, 0.4) is 0 Å². The SMILES string of the molecule is CCC(Sc1ccc(NC(=O)/C(=C/c2cccc3ccccc23)NC(=O)c2ccccc2)cc1)C(=O)N(c1ccccc1)c1ccccc1. The van der Waals surface area contributed by atoms with Crippen molar-refractivity contribution in [1.82, 2.24) is 5.32 Å². The summed E-state index contributed by atoms with van der Waals surface area (Å²) in [6, 6.07) is 49.2. The van der Waals surface area contributed by atoms with Crippen molar-refractivity contribution >= 4 is 63.4 Å². The third-order valence-electron chi connectivity index (χ3n) is 7.94. The lowest BCUT2D eigenvalue weighted by Gasteiger charge is -2.27. The van der Waals surface area contributed by atoms with E-state index in [-0.39, 0.29) is 22.8 Å². The highest BCUT2D eigenvalue weighted by Crippen LogP contribution is 2.33.